The van der Waals surface area contributed by atoms with E-state index in [9.17, 15) is 0 Å². The molecule has 0 unspecified atom stereocenters. The van der Waals surface area contributed by atoms with Gasteiger partial charge in [0.1, 0.15) is 16.2 Å². The molecule has 3 nitrogen and oxygen atoms in total. The molecule has 1 N–H and O–H groups in total. The van der Waals surface area contributed by atoms with Gasteiger partial charge in [0.05, 0.1) is 0 Å². The Morgan fingerprint density at radius 2 is 2.00 bits per heavy atom. The molecule has 0 radical (unpaired) electrons. The van der Waals surface area contributed by atoms with Crippen molar-refractivity contribution in [2.24, 2.45) is 0 Å². The fraction of sp³-hybridized carbons (Fsp3) is 0.600. The van der Waals surface area contributed by atoms with Crippen molar-refractivity contribution in [2.45, 2.75) is 33.1 Å². The maximum absolute atomic E-state index is 4.44. The van der Waals surface area contributed by atoms with Crippen molar-refractivity contribution in [1.82, 2.24) is 9.97 Å². The molecule has 0 aliphatic heterocycles. The number of hydrogen-bond donors (Lipinski definition) is 1. The van der Waals surface area contributed by atoms with E-state index in [1.165, 1.54) is 0 Å². The third-order valence-electron chi connectivity index (χ3n) is 1.72. The lowest BCUT2D eigenvalue weighted by Gasteiger charge is -2.17. The lowest BCUT2D eigenvalue weighted by Crippen LogP contribution is -2.17. The van der Waals surface area contributed by atoms with Crippen LogP contribution in [-0.4, -0.2) is 16.5 Å². The van der Waals surface area contributed by atoms with E-state index in [-0.39, 0.29) is 5.41 Å². The van der Waals surface area contributed by atoms with Crippen LogP contribution >= 0.6 is 15.9 Å². The number of hydrogen-bond acceptors (Lipinski definition) is 3. The molecule has 0 amide bonds. The minimum absolute atomic E-state index is 0.0199. The zero-order chi connectivity index (χ0) is 10.8. The van der Waals surface area contributed by atoms with Gasteiger partial charge in [-0.05, 0) is 22.9 Å². The van der Waals surface area contributed by atoms with Crippen LogP contribution in [0.5, 0.6) is 0 Å². The Labute approximate surface area is 93.5 Å². The van der Waals surface area contributed by atoms with Crippen LogP contribution in [0.15, 0.2) is 10.7 Å². The molecular weight excluding hydrogens is 242 g/mol. The number of anilines is 1. The maximum atomic E-state index is 4.44. The highest BCUT2D eigenvalue weighted by atomic mass is 79.9. The predicted molar refractivity (Wildman–Crippen MR) is 62.6 cm³/mol. The van der Waals surface area contributed by atoms with E-state index in [0.717, 1.165) is 22.8 Å². The van der Waals surface area contributed by atoms with E-state index in [4.69, 9.17) is 0 Å². The van der Waals surface area contributed by atoms with Gasteiger partial charge in [-0.2, -0.15) is 0 Å². The summed E-state index contributed by atoms with van der Waals surface area (Å²) in [6, 6.07) is 1.89. The summed E-state index contributed by atoms with van der Waals surface area (Å²) in [7, 11) is 0. The lowest BCUT2D eigenvalue weighted by atomic mass is 9.96. The minimum Gasteiger partial charge on any atom is -0.370 e. The molecule has 1 heterocycles. The number of aromatic nitrogens is 2. The summed E-state index contributed by atoms with van der Waals surface area (Å²) in [5, 5.41) is 3.18. The number of nitrogens with one attached hydrogen (secondary N) is 1. The van der Waals surface area contributed by atoms with Gasteiger partial charge in [-0.25, -0.2) is 9.97 Å². The van der Waals surface area contributed by atoms with Gasteiger partial charge in [-0.1, -0.05) is 20.8 Å². The summed E-state index contributed by atoms with van der Waals surface area (Å²) < 4.78 is 0.827. The molecule has 0 fully saturated rings. The Balaban J connectivity index is 3.07. The molecule has 0 aromatic carbocycles. The summed E-state index contributed by atoms with van der Waals surface area (Å²) in [4.78, 5) is 8.80. The summed E-state index contributed by atoms with van der Waals surface area (Å²) >= 11 is 3.38. The first kappa shape index (κ1) is 11.4. The predicted octanol–water partition coefficient (Wildman–Crippen LogP) is 2.97. The fourth-order valence-corrected chi connectivity index (χ4v) is 1.41. The second kappa shape index (κ2) is 4.26. The Morgan fingerprint density at radius 1 is 1.36 bits per heavy atom. The molecule has 78 valence electrons. The van der Waals surface area contributed by atoms with Crippen molar-refractivity contribution in [3.05, 3.63) is 16.5 Å². The lowest BCUT2D eigenvalue weighted by molar-refractivity contribution is 0.544. The summed E-state index contributed by atoms with van der Waals surface area (Å²) in [6.07, 6.45) is 0. The van der Waals surface area contributed by atoms with Crippen LogP contribution in [0.2, 0.25) is 0 Å². The largest absolute Gasteiger partial charge is 0.370 e. The monoisotopic (exact) mass is 257 g/mol. The maximum Gasteiger partial charge on any atom is 0.137 e. The van der Waals surface area contributed by atoms with Crippen LogP contribution in [0, 0.1) is 0 Å². The van der Waals surface area contributed by atoms with E-state index in [0.29, 0.717) is 0 Å². The molecule has 1 aromatic heterocycles. The minimum atomic E-state index is -0.0199. The molecule has 0 aliphatic carbocycles. The van der Waals surface area contributed by atoms with Crippen molar-refractivity contribution >= 4 is 21.7 Å². The van der Waals surface area contributed by atoms with Gasteiger partial charge in [0, 0.05) is 18.0 Å². The molecule has 0 atom stereocenters. The second-order valence-corrected chi connectivity index (χ2v) is 4.99. The summed E-state index contributed by atoms with van der Waals surface area (Å²) in [6.45, 7) is 9.22. The quantitative estimate of drug-likeness (QED) is 0.829. The van der Waals surface area contributed by atoms with Gasteiger partial charge in [0.25, 0.3) is 0 Å². The molecule has 0 saturated heterocycles. The molecule has 0 spiro atoms. The highest BCUT2D eigenvalue weighted by Gasteiger charge is 2.18. The third kappa shape index (κ3) is 2.94. The zero-order valence-electron chi connectivity index (χ0n) is 9.06. The van der Waals surface area contributed by atoms with Crippen molar-refractivity contribution in [1.29, 1.82) is 0 Å². The first-order valence-corrected chi connectivity index (χ1v) is 5.51. The number of halogens is 1. The molecule has 4 heteroatoms. The average molecular weight is 258 g/mol. The molecule has 0 bridgehead atoms. The normalized spacial score (nSPS) is 11.5. The molecule has 0 saturated carbocycles. The molecule has 1 aromatic rings. The van der Waals surface area contributed by atoms with Crippen molar-refractivity contribution in [3.63, 3.8) is 0 Å². The Bertz CT molecular complexity index is 318. The van der Waals surface area contributed by atoms with Gasteiger partial charge in [-0.3, -0.25) is 0 Å². The van der Waals surface area contributed by atoms with Crippen molar-refractivity contribution < 1.29 is 0 Å². The first-order valence-electron chi connectivity index (χ1n) is 4.72. The van der Waals surface area contributed by atoms with E-state index >= 15 is 0 Å². The van der Waals surface area contributed by atoms with Crippen LogP contribution in [-0.2, 0) is 5.41 Å². The fourth-order valence-electron chi connectivity index (χ4n) is 1.02. The standard InChI is InChI=1S/C10H16BrN3/c1-5-12-8-6-7(11)13-9(14-8)10(2,3)4/h6H,5H2,1-4H3,(H,12,13,14). The van der Waals surface area contributed by atoms with Crippen molar-refractivity contribution in [3.8, 4) is 0 Å². The van der Waals surface area contributed by atoms with E-state index in [1.54, 1.807) is 0 Å². The number of nitrogens with zero attached hydrogens (tertiary/aromatic N) is 2. The molecular formula is C10H16BrN3. The topological polar surface area (TPSA) is 37.8 Å². The van der Waals surface area contributed by atoms with Gasteiger partial charge in [-0.15, -0.1) is 0 Å². The van der Waals surface area contributed by atoms with Gasteiger partial charge < -0.3 is 5.32 Å². The van der Waals surface area contributed by atoms with Crippen LogP contribution in [0.25, 0.3) is 0 Å². The molecule has 1 rings (SSSR count). The summed E-state index contributed by atoms with van der Waals surface area (Å²) in [5.74, 6) is 1.72. The molecule has 0 aliphatic rings. The SMILES string of the molecule is CCNc1cc(Br)nc(C(C)(C)C)n1. The average Bonchev–Trinajstić information content (AvgIpc) is 2.02. The Kier molecular flexibility index (Phi) is 3.48. The number of rotatable bonds is 2. The van der Waals surface area contributed by atoms with Gasteiger partial charge in [0.15, 0.2) is 0 Å². The van der Waals surface area contributed by atoms with Crippen LogP contribution in [0.1, 0.15) is 33.5 Å². The van der Waals surface area contributed by atoms with E-state index in [2.05, 4.69) is 52.0 Å². The van der Waals surface area contributed by atoms with Crippen LogP contribution < -0.4 is 5.32 Å². The van der Waals surface area contributed by atoms with Crippen molar-refractivity contribution in [2.75, 3.05) is 11.9 Å². The van der Waals surface area contributed by atoms with Crippen LogP contribution in [0.3, 0.4) is 0 Å². The zero-order valence-corrected chi connectivity index (χ0v) is 10.6. The molecule has 14 heavy (non-hydrogen) atoms. The highest BCUT2D eigenvalue weighted by molar-refractivity contribution is 9.10. The smallest absolute Gasteiger partial charge is 0.137 e. The Morgan fingerprint density at radius 3 is 2.50 bits per heavy atom. The highest BCUT2D eigenvalue weighted by Crippen LogP contribution is 2.22. The van der Waals surface area contributed by atoms with E-state index < -0.39 is 0 Å². The first-order chi connectivity index (χ1) is 6.43. The van der Waals surface area contributed by atoms with E-state index in [1.807, 2.05) is 13.0 Å². The van der Waals surface area contributed by atoms with Crippen LogP contribution in [0.4, 0.5) is 5.82 Å². The van der Waals surface area contributed by atoms with Gasteiger partial charge in [0.2, 0.25) is 0 Å². The summed E-state index contributed by atoms with van der Waals surface area (Å²) in [5.41, 5.74) is -0.0199. The van der Waals surface area contributed by atoms with Gasteiger partial charge >= 0.3 is 0 Å². The Hall–Kier alpha value is -0.640. The second-order valence-electron chi connectivity index (χ2n) is 4.18. The third-order valence-corrected chi connectivity index (χ3v) is 2.13.